The van der Waals surface area contributed by atoms with Crippen molar-refractivity contribution in [2.45, 2.75) is 62.2 Å². The third-order valence-corrected chi connectivity index (χ3v) is 9.16. The van der Waals surface area contributed by atoms with E-state index in [4.69, 9.17) is 11.5 Å². The van der Waals surface area contributed by atoms with E-state index in [0.29, 0.717) is 25.1 Å². The topological polar surface area (TPSA) is 242 Å². The summed E-state index contributed by atoms with van der Waals surface area (Å²) in [5, 5.41) is 28.8. The molecule has 5 amide bonds. The molecule has 0 unspecified atom stereocenters. The van der Waals surface area contributed by atoms with Crippen LogP contribution in [0, 0.1) is 0 Å². The number of amides is 5. The van der Waals surface area contributed by atoms with E-state index in [1.165, 1.54) is 12.1 Å². The summed E-state index contributed by atoms with van der Waals surface area (Å²) in [6.07, 6.45) is 1.03. The first-order valence-electron chi connectivity index (χ1n) is 17.0. The Hall–Kier alpha value is -5.70. The van der Waals surface area contributed by atoms with Crippen molar-refractivity contribution < 1.29 is 29.1 Å². The number of phenols is 1. The third-order valence-electron chi connectivity index (χ3n) is 9.16. The molecule has 270 valence electrons. The van der Waals surface area contributed by atoms with Gasteiger partial charge in [0.25, 0.3) is 0 Å². The Kier molecular flexibility index (Phi) is 12.1. The lowest BCUT2D eigenvalue weighted by molar-refractivity contribution is -0.138. The van der Waals surface area contributed by atoms with Gasteiger partial charge in [0.05, 0.1) is 6.54 Å². The SMILES string of the molecule is NC(N)=NCCC[C@@H]1NC(=O)C2(CCNCC2)NC(=O)[C@@H](Cc2ccc(O)cc2)NC(=O)CNC(=O)[C@H](Cc2ccc3ccccc3c2)NC1=O. The molecule has 2 heterocycles. The van der Waals surface area contributed by atoms with Gasteiger partial charge >= 0.3 is 0 Å². The number of nitrogens with two attached hydrogens (primary N) is 2. The smallest absolute Gasteiger partial charge is 0.246 e. The number of nitrogens with one attached hydrogen (secondary N) is 6. The summed E-state index contributed by atoms with van der Waals surface area (Å²) >= 11 is 0. The number of rotatable bonds is 8. The molecule has 3 atom stereocenters. The van der Waals surface area contributed by atoms with Crippen LogP contribution in [0.2, 0.25) is 0 Å². The summed E-state index contributed by atoms with van der Waals surface area (Å²) in [6, 6.07) is 16.3. The molecule has 15 heteroatoms. The van der Waals surface area contributed by atoms with Crippen molar-refractivity contribution in [2.75, 3.05) is 26.2 Å². The minimum Gasteiger partial charge on any atom is -0.508 e. The van der Waals surface area contributed by atoms with Crippen LogP contribution in [0.25, 0.3) is 10.8 Å². The van der Waals surface area contributed by atoms with Gasteiger partial charge in [-0.2, -0.15) is 0 Å². The Balaban J connectivity index is 1.48. The molecule has 3 aromatic rings. The quantitative estimate of drug-likeness (QED) is 0.0812. The van der Waals surface area contributed by atoms with Crippen LogP contribution in [-0.4, -0.2) is 90.4 Å². The van der Waals surface area contributed by atoms with Gasteiger partial charge in [-0.05, 0) is 72.8 Å². The second kappa shape index (κ2) is 16.8. The number of guanidine groups is 1. The standard InChI is InChI=1S/C36H45N9O6/c37-35(38)40-15-3-6-27-32(49)43-28(20-23-7-10-24-4-1-2-5-25(24)18-23)31(48)41-21-30(47)42-29(19-22-8-11-26(46)12-9-22)33(50)45-36(34(51)44-27)13-16-39-17-14-36/h1-2,4-5,7-12,18,27-29,39,46H,3,6,13-17,19-21H2,(H,41,48)(H,42,47)(H,43,49)(H,44,51)(H,45,50)(H4,37,38,40)/t27-,28-,29+/m0/s1. The lowest BCUT2D eigenvalue weighted by Crippen LogP contribution is -2.67. The summed E-state index contributed by atoms with van der Waals surface area (Å²) in [4.78, 5) is 73.1. The van der Waals surface area contributed by atoms with Crippen molar-refractivity contribution >= 4 is 46.3 Å². The number of fused-ring (bicyclic) bond motifs is 1. The number of hydrogen-bond donors (Lipinski definition) is 9. The number of carbonyl (C=O) groups excluding carboxylic acids is 5. The third kappa shape index (κ3) is 9.94. The summed E-state index contributed by atoms with van der Waals surface area (Å²) in [6.45, 7) is 0.546. The van der Waals surface area contributed by atoms with E-state index in [1.54, 1.807) is 12.1 Å². The molecule has 0 bridgehead atoms. The van der Waals surface area contributed by atoms with Crippen molar-refractivity contribution in [3.8, 4) is 5.75 Å². The van der Waals surface area contributed by atoms with E-state index in [-0.39, 0.29) is 50.4 Å². The first-order valence-corrected chi connectivity index (χ1v) is 17.0. The Morgan fingerprint density at radius 2 is 1.43 bits per heavy atom. The number of benzene rings is 3. The Morgan fingerprint density at radius 3 is 2.16 bits per heavy atom. The zero-order valence-corrected chi connectivity index (χ0v) is 28.2. The van der Waals surface area contributed by atoms with Crippen LogP contribution in [0.5, 0.6) is 5.75 Å². The average molecular weight is 700 g/mol. The van der Waals surface area contributed by atoms with Gasteiger partial charge in [-0.25, -0.2) is 0 Å². The largest absolute Gasteiger partial charge is 0.508 e. The minimum atomic E-state index is -1.41. The first kappa shape index (κ1) is 36.6. The number of phenolic OH excluding ortho intramolecular Hbond substituents is 1. The van der Waals surface area contributed by atoms with Crippen molar-refractivity contribution in [1.29, 1.82) is 0 Å². The van der Waals surface area contributed by atoms with Crippen LogP contribution in [0.4, 0.5) is 0 Å². The molecule has 11 N–H and O–H groups in total. The van der Waals surface area contributed by atoms with Crippen molar-refractivity contribution in [2.24, 2.45) is 16.5 Å². The van der Waals surface area contributed by atoms with Crippen molar-refractivity contribution in [3.05, 3.63) is 77.9 Å². The molecule has 2 fully saturated rings. The summed E-state index contributed by atoms with van der Waals surface area (Å²) in [5.41, 5.74) is 11.0. The predicted molar refractivity (Wildman–Crippen MR) is 191 cm³/mol. The molecule has 5 rings (SSSR count). The highest BCUT2D eigenvalue weighted by atomic mass is 16.3. The Morgan fingerprint density at radius 1 is 0.765 bits per heavy atom. The van der Waals surface area contributed by atoms with Crippen LogP contribution in [0.15, 0.2) is 71.7 Å². The maximum atomic E-state index is 14.2. The summed E-state index contributed by atoms with van der Waals surface area (Å²) < 4.78 is 0. The maximum Gasteiger partial charge on any atom is 0.246 e. The summed E-state index contributed by atoms with van der Waals surface area (Å²) in [7, 11) is 0. The molecule has 1 spiro atoms. The lowest BCUT2D eigenvalue weighted by atomic mass is 9.86. The van der Waals surface area contributed by atoms with E-state index in [2.05, 4.69) is 36.9 Å². The minimum absolute atomic E-state index is 0.0385. The Labute approximate surface area is 295 Å². The van der Waals surface area contributed by atoms with Gasteiger partial charge in [0.2, 0.25) is 29.5 Å². The average Bonchev–Trinajstić information content (AvgIpc) is 3.12. The number of aromatic hydroxyl groups is 1. The highest BCUT2D eigenvalue weighted by molar-refractivity contribution is 5.99. The molecule has 0 aromatic heterocycles. The van der Waals surface area contributed by atoms with Crippen LogP contribution < -0.4 is 43.4 Å². The van der Waals surface area contributed by atoms with E-state index < -0.39 is 59.7 Å². The van der Waals surface area contributed by atoms with Crippen LogP contribution >= 0.6 is 0 Å². The van der Waals surface area contributed by atoms with Crippen LogP contribution in [-0.2, 0) is 36.8 Å². The maximum absolute atomic E-state index is 14.2. The lowest BCUT2D eigenvalue weighted by Gasteiger charge is -2.39. The van der Waals surface area contributed by atoms with Crippen LogP contribution in [0.3, 0.4) is 0 Å². The molecule has 3 aromatic carbocycles. The zero-order valence-electron chi connectivity index (χ0n) is 28.2. The Bertz CT molecular complexity index is 1770. The fraction of sp³-hybridized carbons (Fsp3) is 0.389. The van der Waals surface area contributed by atoms with Gasteiger partial charge < -0.3 is 48.5 Å². The molecular formula is C36H45N9O6. The second-order valence-electron chi connectivity index (χ2n) is 13.0. The van der Waals surface area contributed by atoms with E-state index in [0.717, 1.165) is 16.3 Å². The molecule has 0 radical (unpaired) electrons. The predicted octanol–water partition coefficient (Wildman–Crippen LogP) is -0.793. The molecule has 2 saturated heterocycles. The van der Waals surface area contributed by atoms with Gasteiger partial charge in [0, 0.05) is 19.4 Å². The second-order valence-corrected chi connectivity index (χ2v) is 13.0. The number of piperidine rings is 1. The zero-order chi connectivity index (χ0) is 36.4. The fourth-order valence-electron chi connectivity index (χ4n) is 6.35. The fourth-order valence-corrected chi connectivity index (χ4v) is 6.35. The highest BCUT2D eigenvalue weighted by Gasteiger charge is 2.44. The van der Waals surface area contributed by atoms with E-state index >= 15 is 0 Å². The number of aliphatic imine (C=N–C) groups is 1. The van der Waals surface area contributed by atoms with Crippen molar-refractivity contribution in [3.63, 3.8) is 0 Å². The first-order chi connectivity index (χ1) is 24.5. The normalized spacial score (nSPS) is 21.6. The van der Waals surface area contributed by atoms with Gasteiger partial charge in [-0.1, -0.05) is 54.6 Å². The van der Waals surface area contributed by atoms with E-state index in [1.807, 2.05) is 42.5 Å². The van der Waals surface area contributed by atoms with Crippen molar-refractivity contribution in [1.82, 2.24) is 31.9 Å². The monoisotopic (exact) mass is 699 g/mol. The number of carbonyl (C=O) groups is 5. The molecule has 0 saturated carbocycles. The van der Waals surface area contributed by atoms with Gasteiger partial charge in [-0.3, -0.25) is 29.0 Å². The van der Waals surface area contributed by atoms with E-state index in [9.17, 15) is 29.1 Å². The van der Waals surface area contributed by atoms with Gasteiger partial charge in [0.15, 0.2) is 5.96 Å². The molecule has 15 nitrogen and oxygen atoms in total. The molecule has 2 aliphatic rings. The number of hydrogen-bond acceptors (Lipinski definition) is 8. The van der Waals surface area contributed by atoms with Gasteiger partial charge in [-0.15, -0.1) is 0 Å². The molecule has 2 aliphatic heterocycles. The molecule has 51 heavy (non-hydrogen) atoms. The van der Waals surface area contributed by atoms with Crippen LogP contribution in [0.1, 0.15) is 36.8 Å². The highest BCUT2D eigenvalue weighted by Crippen LogP contribution is 2.22. The van der Waals surface area contributed by atoms with Gasteiger partial charge in [0.1, 0.15) is 29.4 Å². The molecular weight excluding hydrogens is 654 g/mol. The summed E-state index contributed by atoms with van der Waals surface area (Å²) in [5.74, 6) is -3.14. The molecule has 0 aliphatic carbocycles. The number of nitrogens with zero attached hydrogens (tertiary/aromatic N) is 1.